The summed E-state index contributed by atoms with van der Waals surface area (Å²) in [4.78, 5) is 0. The minimum absolute atomic E-state index is 0.0959. The predicted molar refractivity (Wildman–Crippen MR) is 107 cm³/mol. The highest BCUT2D eigenvalue weighted by molar-refractivity contribution is 9.09. The summed E-state index contributed by atoms with van der Waals surface area (Å²) in [5.41, 5.74) is 0. The highest BCUT2D eigenvalue weighted by Crippen LogP contribution is 2.36. The van der Waals surface area contributed by atoms with Crippen molar-refractivity contribution in [1.82, 2.24) is 0 Å². The normalized spacial score (nSPS) is 16.3. The van der Waals surface area contributed by atoms with E-state index in [1.165, 1.54) is 10.4 Å². The van der Waals surface area contributed by atoms with Crippen LogP contribution >= 0.6 is 15.9 Å². The molecule has 0 amide bonds. The van der Waals surface area contributed by atoms with E-state index in [-0.39, 0.29) is 11.6 Å². The quantitative estimate of drug-likeness (QED) is 0.488. The largest absolute Gasteiger partial charge is 0.407 e. The van der Waals surface area contributed by atoms with Gasteiger partial charge in [-0.05, 0) is 28.2 Å². The smallest absolute Gasteiger partial charge is 0.261 e. The van der Waals surface area contributed by atoms with Crippen LogP contribution in [0.15, 0.2) is 60.7 Å². The van der Waals surface area contributed by atoms with E-state index in [2.05, 4.69) is 85.2 Å². The maximum atomic E-state index is 8.27. The summed E-state index contributed by atoms with van der Waals surface area (Å²) >= 11 is 3.31. The number of hydrogen-bond donors (Lipinski definition) is 0. The van der Waals surface area contributed by atoms with Gasteiger partial charge in [0.25, 0.3) is 8.32 Å². The summed E-state index contributed by atoms with van der Waals surface area (Å²) in [6.07, 6.45) is -1.06. The summed E-state index contributed by atoms with van der Waals surface area (Å²) in [6.45, 7) is 6.94. The van der Waals surface area contributed by atoms with Crippen molar-refractivity contribution in [2.45, 2.75) is 38.6 Å². The van der Waals surface area contributed by atoms with Crippen molar-refractivity contribution >= 4 is 34.6 Å². The molecule has 0 saturated heterocycles. The van der Waals surface area contributed by atoms with Crippen molar-refractivity contribution in [1.29, 1.82) is 0 Å². The lowest BCUT2D eigenvalue weighted by Crippen LogP contribution is -2.66. The van der Waals surface area contributed by atoms with Crippen LogP contribution in [0.5, 0.6) is 0 Å². The van der Waals surface area contributed by atoms with Gasteiger partial charge in [0, 0.05) is 14.7 Å². The summed E-state index contributed by atoms with van der Waals surface area (Å²) in [7, 11) is -2.59. The second-order valence-electron chi connectivity index (χ2n) is 6.60. The first-order valence-corrected chi connectivity index (χ1v) is 11.0. The standard InChI is InChI=1S/C20H27BrOSi/c1-20(2,3)23(22-17-11-10-16-21,18-12-6-4-7-13-18)19-14-8-5-9-15-19/h4-9,12-15H,10-11,16-17H2,1-3H3/i10D,11D/t10-,11-/m1/s1. The van der Waals surface area contributed by atoms with Gasteiger partial charge in [-0.1, -0.05) is 97.4 Å². The molecular formula is C20H27BrOSi. The molecule has 0 spiro atoms. The Hall–Kier alpha value is -0.903. The summed E-state index contributed by atoms with van der Waals surface area (Å²) in [5.74, 6) is 0. The molecule has 2 atom stereocenters. The molecule has 0 heterocycles. The minimum atomic E-state index is -2.59. The van der Waals surface area contributed by atoms with E-state index >= 15 is 0 Å². The van der Waals surface area contributed by atoms with Crippen molar-refractivity contribution in [3.63, 3.8) is 0 Å². The van der Waals surface area contributed by atoms with Crippen LogP contribution in [-0.2, 0) is 4.43 Å². The molecule has 0 N–H and O–H groups in total. The Morgan fingerprint density at radius 2 is 1.39 bits per heavy atom. The summed E-state index contributed by atoms with van der Waals surface area (Å²) < 4.78 is 22.9. The Bertz CT molecular complexity index is 606. The van der Waals surface area contributed by atoms with Crippen LogP contribution < -0.4 is 10.4 Å². The Kier molecular flexibility index (Phi) is 5.62. The van der Waals surface area contributed by atoms with E-state index in [1.807, 2.05) is 12.1 Å². The van der Waals surface area contributed by atoms with E-state index < -0.39 is 21.1 Å². The van der Waals surface area contributed by atoms with Gasteiger partial charge in [-0.15, -0.1) is 0 Å². The lowest BCUT2D eigenvalue weighted by atomic mass is 10.2. The third kappa shape index (κ3) is 4.14. The van der Waals surface area contributed by atoms with E-state index in [9.17, 15) is 0 Å². The third-order valence-corrected chi connectivity index (χ3v) is 9.45. The van der Waals surface area contributed by atoms with Crippen LogP contribution in [0.3, 0.4) is 0 Å². The van der Waals surface area contributed by atoms with E-state index in [0.29, 0.717) is 5.33 Å². The molecule has 0 fully saturated rings. The number of rotatable bonds is 7. The SMILES string of the molecule is [2H][C@@H](CBr)[C@@H]([2H])CO[Si](c1ccccc1)(c1ccccc1)C(C)(C)C. The molecule has 0 bridgehead atoms. The molecule has 2 aromatic rings. The Balaban J connectivity index is 2.53. The highest BCUT2D eigenvalue weighted by Gasteiger charge is 2.49. The van der Waals surface area contributed by atoms with Gasteiger partial charge in [-0.3, -0.25) is 0 Å². The van der Waals surface area contributed by atoms with E-state index in [4.69, 9.17) is 7.17 Å². The van der Waals surface area contributed by atoms with Gasteiger partial charge in [0.15, 0.2) is 0 Å². The molecule has 0 radical (unpaired) electrons. The summed E-state index contributed by atoms with van der Waals surface area (Å²) in [6, 6.07) is 20.8. The van der Waals surface area contributed by atoms with Gasteiger partial charge in [0.1, 0.15) is 0 Å². The maximum absolute atomic E-state index is 8.27. The van der Waals surface area contributed by atoms with Crippen LogP contribution in [0.25, 0.3) is 0 Å². The second-order valence-corrected chi connectivity index (χ2v) is 11.6. The van der Waals surface area contributed by atoms with Crippen LogP contribution in [0.4, 0.5) is 0 Å². The molecule has 0 aromatic heterocycles. The molecule has 0 aliphatic heterocycles. The van der Waals surface area contributed by atoms with Crippen molar-refractivity contribution < 1.29 is 7.17 Å². The van der Waals surface area contributed by atoms with E-state index in [0.717, 1.165) is 0 Å². The van der Waals surface area contributed by atoms with Crippen molar-refractivity contribution in [2.75, 3.05) is 11.9 Å². The van der Waals surface area contributed by atoms with Gasteiger partial charge in [0.2, 0.25) is 0 Å². The fourth-order valence-corrected chi connectivity index (χ4v) is 7.83. The van der Waals surface area contributed by atoms with Crippen LogP contribution in [0, 0.1) is 0 Å². The van der Waals surface area contributed by atoms with Gasteiger partial charge in [-0.25, -0.2) is 0 Å². The lowest BCUT2D eigenvalue weighted by Gasteiger charge is -2.43. The van der Waals surface area contributed by atoms with Crippen LogP contribution in [-0.4, -0.2) is 20.3 Å². The fourth-order valence-electron chi connectivity index (χ4n) is 3.07. The first kappa shape index (κ1) is 15.6. The number of halogens is 1. The lowest BCUT2D eigenvalue weighted by molar-refractivity contribution is 0.291. The monoisotopic (exact) mass is 392 g/mol. The average Bonchev–Trinajstić information content (AvgIpc) is 2.62. The van der Waals surface area contributed by atoms with Gasteiger partial charge < -0.3 is 4.43 Å². The number of hydrogen-bond acceptors (Lipinski definition) is 1. The molecule has 0 saturated carbocycles. The molecule has 124 valence electrons. The Morgan fingerprint density at radius 3 is 1.78 bits per heavy atom. The molecule has 1 nitrogen and oxygen atoms in total. The van der Waals surface area contributed by atoms with Gasteiger partial charge >= 0.3 is 0 Å². The molecule has 2 aromatic carbocycles. The zero-order valence-electron chi connectivity index (χ0n) is 16.1. The predicted octanol–water partition coefficient (Wildman–Crippen LogP) is 4.74. The molecule has 3 heteroatoms. The van der Waals surface area contributed by atoms with Crippen molar-refractivity contribution in [3.05, 3.63) is 60.7 Å². The molecule has 0 aliphatic rings. The number of alkyl halides is 1. The zero-order valence-corrected chi connectivity index (χ0v) is 16.7. The maximum Gasteiger partial charge on any atom is 0.261 e. The first-order chi connectivity index (χ1) is 11.8. The zero-order chi connectivity index (χ0) is 18.5. The van der Waals surface area contributed by atoms with Crippen molar-refractivity contribution in [3.8, 4) is 0 Å². The Morgan fingerprint density at radius 1 is 0.913 bits per heavy atom. The second kappa shape index (κ2) is 8.27. The minimum Gasteiger partial charge on any atom is -0.407 e. The Labute approximate surface area is 153 Å². The first-order valence-electron chi connectivity index (χ1n) is 9.14. The van der Waals surface area contributed by atoms with Crippen LogP contribution in [0.1, 0.15) is 36.3 Å². The summed E-state index contributed by atoms with van der Waals surface area (Å²) in [5, 5.41) is 2.81. The molecule has 23 heavy (non-hydrogen) atoms. The van der Waals surface area contributed by atoms with E-state index in [1.54, 1.807) is 0 Å². The molecule has 2 rings (SSSR count). The van der Waals surface area contributed by atoms with Crippen LogP contribution in [0.2, 0.25) is 5.04 Å². The number of benzene rings is 2. The third-order valence-electron chi connectivity index (χ3n) is 4.07. The average molecular weight is 393 g/mol. The molecule has 0 unspecified atom stereocenters. The molecule has 0 aliphatic carbocycles. The van der Waals surface area contributed by atoms with Gasteiger partial charge in [0.05, 0.1) is 0 Å². The highest BCUT2D eigenvalue weighted by atomic mass is 79.9. The van der Waals surface area contributed by atoms with Gasteiger partial charge in [-0.2, -0.15) is 0 Å². The fraction of sp³-hybridized carbons (Fsp3) is 0.400. The molecular weight excluding hydrogens is 364 g/mol. The van der Waals surface area contributed by atoms with Crippen molar-refractivity contribution in [2.24, 2.45) is 0 Å². The topological polar surface area (TPSA) is 9.23 Å².